The fourth-order valence-corrected chi connectivity index (χ4v) is 3.26. The van der Waals surface area contributed by atoms with Crippen LogP contribution in [0.5, 0.6) is 0 Å². The van der Waals surface area contributed by atoms with Gasteiger partial charge in [-0.1, -0.05) is 0 Å². The van der Waals surface area contributed by atoms with E-state index >= 15 is 0 Å². The molecule has 2 unspecified atom stereocenters. The molecule has 1 aliphatic rings. The second kappa shape index (κ2) is 6.50. The van der Waals surface area contributed by atoms with Crippen molar-refractivity contribution in [2.45, 2.75) is 45.4 Å². The lowest BCUT2D eigenvalue weighted by atomic mass is 10.1. The molecule has 2 heterocycles. The Labute approximate surface area is 118 Å². The third-order valence-electron chi connectivity index (χ3n) is 3.54. The lowest BCUT2D eigenvalue weighted by Crippen LogP contribution is -2.36. The van der Waals surface area contributed by atoms with Crippen LogP contribution in [0.15, 0.2) is 6.07 Å². The van der Waals surface area contributed by atoms with Crippen molar-refractivity contribution in [1.29, 1.82) is 0 Å². The topological polar surface area (TPSA) is 47.6 Å². The standard InChI is InChI=1S/C14H21NO3S/c1-9(12-5-4-6-18-12)15-8-11-7-13(14(16)17-3)19-10(11)2/h7,9,12,15H,4-6,8H2,1-3H3. The molecule has 0 bridgehead atoms. The Balaban J connectivity index is 1.91. The van der Waals surface area contributed by atoms with E-state index in [9.17, 15) is 4.79 Å². The van der Waals surface area contributed by atoms with Gasteiger partial charge < -0.3 is 14.8 Å². The van der Waals surface area contributed by atoms with Gasteiger partial charge in [-0.15, -0.1) is 11.3 Å². The van der Waals surface area contributed by atoms with Gasteiger partial charge in [0.1, 0.15) is 4.88 Å². The number of rotatable bonds is 5. The van der Waals surface area contributed by atoms with E-state index in [1.165, 1.54) is 18.4 Å². The molecule has 2 atom stereocenters. The van der Waals surface area contributed by atoms with Crippen molar-refractivity contribution in [3.05, 3.63) is 21.4 Å². The summed E-state index contributed by atoms with van der Waals surface area (Å²) in [6, 6.07) is 2.25. The molecule has 5 heteroatoms. The van der Waals surface area contributed by atoms with Crippen LogP contribution in [0.2, 0.25) is 0 Å². The number of methoxy groups -OCH3 is 1. The monoisotopic (exact) mass is 283 g/mol. The average Bonchev–Trinajstić information content (AvgIpc) is 3.04. The van der Waals surface area contributed by atoms with Crippen molar-refractivity contribution >= 4 is 17.3 Å². The first-order valence-corrected chi connectivity index (χ1v) is 7.46. The van der Waals surface area contributed by atoms with Gasteiger partial charge in [0.25, 0.3) is 0 Å². The Morgan fingerprint density at radius 1 is 1.68 bits per heavy atom. The molecule has 0 saturated carbocycles. The van der Waals surface area contributed by atoms with Gasteiger partial charge in [0.2, 0.25) is 0 Å². The average molecular weight is 283 g/mol. The zero-order valence-corrected chi connectivity index (χ0v) is 12.5. The van der Waals surface area contributed by atoms with Crippen LogP contribution in [0.4, 0.5) is 0 Å². The largest absolute Gasteiger partial charge is 0.465 e. The molecule has 1 fully saturated rings. The Morgan fingerprint density at radius 3 is 3.11 bits per heavy atom. The minimum absolute atomic E-state index is 0.258. The predicted molar refractivity (Wildman–Crippen MR) is 75.7 cm³/mol. The van der Waals surface area contributed by atoms with E-state index in [4.69, 9.17) is 9.47 Å². The number of nitrogens with one attached hydrogen (secondary N) is 1. The van der Waals surface area contributed by atoms with Gasteiger partial charge in [0.15, 0.2) is 0 Å². The molecule has 0 aliphatic carbocycles. The van der Waals surface area contributed by atoms with Crippen molar-refractivity contribution in [1.82, 2.24) is 5.32 Å². The van der Waals surface area contributed by atoms with Crippen molar-refractivity contribution < 1.29 is 14.3 Å². The number of thiophene rings is 1. The summed E-state index contributed by atoms with van der Waals surface area (Å²) in [4.78, 5) is 13.3. The quantitative estimate of drug-likeness (QED) is 0.844. The summed E-state index contributed by atoms with van der Waals surface area (Å²) in [6.45, 7) is 5.82. The SMILES string of the molecule is COC(=O)c1cc(CNC(C)C2CCCO2)c(C)s1. The molecule has 106 valence electrons. The first kappa shape index (κ1) is 14.5. The lowest BCUT2D eigenvalue weighted by Gasteiger charge is -2.19. The highest BCUT2D eigenvalue weighted by atomic mass is 32.1. The van der Waals surface area contributed by atoms with E-state index in [1.807, 2.05) is 13.0 Å². The highest BCUT2D eigenvalue weighted by Crippen LogP contribution is 2.23. The molecule has 0 aromatic carbocycles. The summed E-state index contributed by atoms with van der Waals surface area (Å²) in [5.41, 5.74) is 1.16. The van der Waals surface area contributed by atoms with Crippen LogP contribution < -0.4 is 5.32 Å². The van der Waals surface area contributed by atoms with E-state index in [0.717, 1.165) is 36.4 Å². The number of aryl methyl sites for hydroxylation is 1. The summed E-state index contributed by atoms with van der Waals surface area (Å²) in [5.74, 6) is -0.258. The van der Waals surface area contributed by atoms with Crippen LogP contribution in [0, 0.1) is 6.92 Å². The maximum Gasteiger partial charge on any atom is 0.348 e. The highest BCUT2D eigenvalue weighted by molar-refractivity contribution is 7.14. The zero-order chi connectivity index (χ0) is 13.8. The van der Waals surface area contributed by atoms with Gasteiger partial charge in [-0.05, 0) is 38.3 Å². The summed E-state index contributed by atoms with van der Waals surface area (Å²) in [6.07, 6.45) is 2.60. The van der Waals surface area contributed by atoms with Crippen LogP contribution in [0.25, 0.3) is 0 Å². The van der Waals surface area contributed by atoms with E-state index in [0.29, 0.717) is 17.0 Å². The van der Waals surface area contributed by atoms with Crippen LogP contribution in [0.1, 0.15) is 39.9 Å². The third-order valence-corrected chi connectivity index (χ3v) is 4.62. The van der Waals surface area contributed by atoms with Gasteiger partial charge in [0, 0.05) is 24.1 Å². The second-order valence-corrected chi connectivity index (χ2v) is 6.16. The zero-order valence-electron chi connectivity index (χ0n) is 11.7. The number of hydrogen-bond donors (Lipinski definition) is 1. The van der Waals surface area contributed by atoms with Gasteiger partial charge in [-0.25, -0.2) is 4.79 Å². The van der Waals surface area contributed by atoms with Crippen molar-refractivity contribution in [2.75, 3.05) is 13.7 Å². The van der Waals surface area contributed by atoms with Crippen LogP contribution in [-0.2, 0) is 16.0 Å². The number of ether oxygens (including phenoxy) is 2. The van der Waals surface area contributed by atoms with Gasteiger partial charge in [0.05, 0.1) is 13.2 Å². The Morgan fingerprint density at radius 2 is 2.47 bits per heavy atom. The smallest absolute Gasteiger partial charge is 0.348 e. The molecular formula is C14H21NO3S. The lowest BCUT2D eigenvalue weighted by molar-refractivity contribution is 0.0606. The Kier molecular flexibility index (Phi) is 4.96. The molecule has 1 aromatic heterocycles. The molecule has 1 aromatic rings. The van der Waals surface area contributed by atoms with Crippen LogP contribution >= 0.6 is 11.3 Å². The highest BCUT2D eigenvalue weighted by Gasteiger charge is 2.22. The van der Waals surface area contributed by atoms with E-state index in [-0.39, 0.29) is 5.97 Å². The molecular weight excluding hydrogens is 262 g/mol. The van der Waals surface area contributed by atoms with Crippen molar-refractivity contribution in [2.24, 2.45) is 0 Å². The van der Waals surface area contributed by atoms with Crippen LogP contribution in [-0.4, -0.2) is 31.8 Å². The number of carbonyl (C=O) groups excluding carboxylic acids is 1. The molecule has 1 N–H and O–H groups in total. The third kappa shape index (κ3) is 3.55. The molecule has 4 nitrogen and oxygen atoms in total. The fourth-order valence-electron chi connectivity index (χ4n) is 2.30. The second-order valence-electron chi connectivity index (χ2n) is 4.90. The number of esters is 1. The number of carbonyl (C=O) groups is 1. The van der Waals surface area contributed by atoms with E-state index < -0.39 is 0 Å². The predicted octanol–water partition coefficient (Wildman–Crippen LogP) is 2.50. The Bertz CT molecular complexity index is 438. The molecule has 0 radical (unpaired) electrons. The molecule has 1 saturated heterocycles. The van der Waals surface area contributed by atoms with Gasteiger partial charge in [-0.3, -0.25) is 0 Å². The maximum atomic E-state index is 11.5. The number of hydrogen-bond acceptors (Lipinski definition) is 5. The molecule has 19 heavy (non-hydrogen) atoms. The molecule has 0 spiro atoms. The van der Waals surface area contributed by atoms with Gasteiger partial charge >= 0.3 is 5.97 Å². The van der Waals surface area contributed by atoms with Crippen LogP contribution in [0.3, 0.4) is 0 Å². The van der Waals surface area contributed by atoms with Crippen molar-refractivity contribution in [3.8, 4) is 0 Å². The van der Waals surface area contributed by atoms with Crippen molar-refractivity contribution in [3.63, 3.8) is 0 Å². The summed E-state index contributed by atoms with van der Waals surface area (Å²) < 4.78 is 10.4. The maximum absolute atomic E-state index is 11.5. The summed E-state index contributed by atoms with van der Waals surface area (Å²) >= 11 is 1.49. The molecule has 2 rings (SSSR count). The minimum atomic E-state index is -0.258. The first-order valence-electron chi connectivity index (χ1n) is 6.64. The molecule has 1 aliphatic heterocycles. The molecule has 0 amide bonds. The van der Waals surface area contributed by atoms with E-state index in [1.54, 1.807) is 0 Å². The first-order chi connectivity index (χ1) is 9.11. The summed E-state index contributed by atoms with van der Waals surface area (Å²) in [7, 11) is 1.41. The normalized spacial score (nSPS) is 20.5. The van der Waals surface area contributed by atoms with E-state index in [2.05, 4.69) is 12.2 Å². The van der Waals surface area contributed by atoms with Gasteiger partial charge in [-0.2, -0.15) is 0 Å². The minimum Gasteiger partial charge on any atom is -0.465 e. The Hall–Kier alpha value is -0.910. The summed E-state index contributed by atoms with van der Waals surface area (Å²) in [5, 5.41) is 3.48. The fraction of sp³-hybridized carbons (Fsp3) is 0.643.